The Bertz CT molecular complexity index is 553. The highest BCUT2D eigenvalue weighted by molar-refractivity contribution is 6.05. The van der Waals surface area contributed by atoms with Crippen LogP contribution in [0.2, 0.25) is 0 Å². The number of carbonyl (C=O) groups excluding carboxylic acids is 1. The Morgan fingerprint density at radius 1 is 1.47 bits per heavy atom. The Hall–Kier alpha value is -2.70. The number of hydrogen-bond donors (Lipinski definition) is 1. The van der Waals surface area contributed by atoms with Gasteiger partial charge in [0.25, 0.3) is 11.6 Å². The van der Waals surface area contributed by atoms with Gasteiger partial charge < -0.3 is 10.0 Å². The number of hydrogen-bond acceptors (Lipinski definition) is 4. The van der Waals surface area contributed by atoms with Gasteiger partial charge in [0.2, 0.25) is 0 Å². The van der Waals surface area contributed by atoms with Crippen LogP contribution in [0.15, 0.2) is 30.9 Å². The van der Waals surface area contributed by atoms with Crippen LogP contribution in [0.4, 0.5) is 5.69 Å². The van der Waals surface area contributed by atoms with Crippen LogP contribution in [0, 0.1) is 10.1 Å². The summed E-state index contributed by atoms with van der Waals surface area (Å²) in [5.74, 6) is -1.92. The van der Waals surface area contributed by atoms with E-state index in [1.54, 1.807) is 0 Å². The standard InChI is InChI=1S/C12H12N2O5/c1-3-6-13(2)11(15)10-7-8(14(18)19)4-5-9(10)12(16)17/h3-5,7H,1,6H2,2H3,(H,16,17). The molecule has 0 aliphatic carbocycles. The molecule has 0 saturated carbocycles. The molecule has 0 bridgehead atoms. The van der Waals surface area contributed by atoms with Crippen molar-refractivity contribution in [2.24, 2.45) is 0 Å². The predicted octanol–water partition coefficient (Wildman–Crippen LogP) is 1.55. The fourth-order valence-electron chi connectivity index (χ4n) is 1.49. The quantitative estimate of drug-likeness (QED) is 0.494. The molecular weight excluding hydrogens is 252 g/mol. The summed E-state index contributed by atoms with van der Waals surface area (Å²) >= 11 is 0. The Morgan fingerprint density at radius 2 is 2.11 bits per heavy atom. The van der Waals surface area contributed by atoms with Gasteiger partial charge in [0.15, 0.2) is 0 Å². The van der Waals surface area contributed by atoms with E-state index in [9.17, 15) is 19.7 Å². The van der Waals surface area contributed by atoms with E-state index in [-0.39, 0.29) is 23.4 Å². The average molecular weight is 264 g/mol. The minimum Gasteiger partial charge on any atom is -0.478 e. The maximum Gasteiger partial charge on any atom is 0.336 e. The van der Waals surface area contributed by atoms with Crippen molar-refractivity contribution >= 4 is 17.6 Å². The number of non-ortho nitro benzene ring substituents is 1. The number of nitro groups is 1. The van der Waals surface area contributed by atoms with E-state index in [1.807, 2.05) is 0 Å². The van der Waals surface area contributed by atoms with Gasteiger partial charge in [-0.05, 0) is 6.07 Å². The fourth-order valence-corrected chi connectivity index (χ4v) is 1.49. The van der Waals surface area contributed by atoms with Crippen molar-refractivity contribution in [3.8, 4) is 0 Å². The second-order valence-electron chi connectivity index (χ2n) is 3.77. The molecule has 7 heteroatoms. The van der Waals surface area contributed by atoms with Crippen LogP contribution in [0.25, 0.3) is 0 Å². The monoisotopic (exact) mass is 264 g/mol. The molecule has 0 heterocycles. The van der Waals surface area contributed by atoms with Gasteiger partial charge in [0.1, 0.15) is 0 Å². The maximum absolute atomic E-state index is 12.0. The number of carboxylic acid groups (broad SMARTS) is 1. The third-order valence-electron chi connectivity index (χ3n) is 2.42. The first-order chi connectivity index (χ1) is 8.88. The van der Waals surface area contributed by atoms with Gasteiger partial charge in [-0.2, -0.15) is 0 Å². The van der Waals surface area contributed by atoms with Crippen molar-refractivity contribution in [3.05, 3.63) is 52.1 Å². The fraction of sp³-hybridized carbons (Fsp3) is 0.167. The molecule has 100 valence electrons. The van der Waals surface area contributed by atoms with Gasteiger partial charge in [-0.3, -0.25) is 14.9 Å². The van der Waals surface area contributed by atoms with Crippen molar-refractivity contribution in [2.75, 3.05) is 13.6 Å². The van der Waals surface area contributed by atoms with Crippen molar-refractivity contribution < 1.29 is 19.6 Å². The van der Waals surface area contributed by atoms with Crippen LogP contribution in [0.3, 0.4) is 0 Å². The summed E-state index contributed by atoms with van der Waals surface area (Å²) in [6, 6.07) is 3.06. The molecule has 0 saturated heterocycles. The van der Waals surface area contributed by atoms with Gasteiger partial charge in [-0.1, -0.05) is 6.08 Å². The van der Waals surface area contributed by atoms with Gasteiger partial charge in [0.05, 0.1) is 16.1 Å². The van der Waals surface area contributed by atoms with E-state index in [4.69, 9.17) is 5.11 Å². The molecule has 1 rings (SSSR count). The molecule has 0 aliphatic heterocycles. The zero-order valence-corrected chi connectivity index (χ0v) is 10.2. The van der Waals surface area contributed by atoms with Gasteiger partial charge in [-0.15, -0.1) is 6.58 Å². The van der Waals surface area contributed by atoms with E-state index < -0.39 is 16.8 Å². The number of carbonyl (C=O) groups is 2. The second kappa shape index (κ2) is 5.76. The highest BCUT2D eigenvalue weighted by Gasteiger charge is 2.22. The van der Waals surface area contributed by atoms with E-state index >= 15 is 0 Å². The SMILES string of the molecule is C=CCN(C)C(=O)c1cc([N+](=O)[O-])ccc1C(=O)O. The number of likely N-dealkylation sites (N-methyl/N-ethyl adjacent to an activating group) is 1. The molecule has 19 heavy (non-hydrogen) atoms. The molecule has 0 spiro atoms. The number of carboxylic acids is 1. The van der Waals surface area contributed by atoms with Crippen molar-refractivity contribution in [2.45, 2.75) is 0 Å². The third-order valence-corrected chi connectivity index (χ3v) is 2.42. The molecule has 0 atom stereocenters. The van der Waals surface area contributed by atoms with Gasteiger partial charge in [-0.25, -0.2) is 4.79 Å². The number of nitrogens with zero attached hydrogens (tertiary/aromatic N) is 2. The topological polar surface area (TPSA) is 101 Å². The minimum atomic E-state index is -1.31. The molecule has 0 aliphatic rings. The van der Waals surface area contributed by atoms with Gasteiger partial charge in [0, 0.05) is 25.7 Å². The van der Waals surface area contributed by atoms with Crippen molar-refractivity contribution in [3.63, 3.8) is 0 Å². The molecule has 1 N–H and O–H groups in total. The highest BCUT2D eigenvalue weighted by atomic mass is 16.6. The van der Waals surface area contributed by atoms with E-state index in [0.29, 0.717) is 0 Å². The smallest absolute Gasteiger partial charge is 0.336 e. The normalized spacial score (nSPS) is 9.74. The number of rotatable bonds is 5. The Kier molecular flexibility index (Phi) is 4.36. The summed E-state index contributed by atoms with van der Waals surface area (Å²) in [7, 11) is 1.45. The molecule has 1 aromatic carbocycles. The largest absolute Gasteiger partial charge is 0.478 e. The Balaban J connectivity index is 3.32. The lowest BCUT2D eigenvalue weighted by molar-refractivity contribution is -0.384. The van der Waals surface area contributed by atoms with Crippen LogP contribution >= 0.6 is 0 Å². The number of aromatic carboxylic acids is 1. The average Bonchev–Trinajstić information content (AvgIpc) is 2.37. The van der Waals surface area contributed by atoms with Crippen molar-refractivity contribution in [1.82, 2.24) is 4.90 Å². The molecule has 0 unspecified atom stereocenters. The van der Waals surface area contributed by atoms with E-state index in [1.165, 1.54) is 18.0 Å². The van der Waals surface area contributed by atoms with Crippen molar-refractivity contribution in [1.29, 1.82) is 0 Å². The molecule has 0 radical (unpaired) electrons. The summed E-state index contributed by atoms with van der Waals surface area (Å²) in [4.78, 5) is 34.3. The first kappa shape index (κ1) is 14.4. The molecule has 7 nitrogen and oxygen atoms in total. The zero-order valence-electron chi connectivity index (χ0n) is 10.2. The summed E-state index contributed by atoms with van der Waals surface area (Å²) in [5.41, 5.74) is -0.821. The lowest BCUT2D eigenvalue weighted by Crippen LogP contribution is -2.28. The molecule has 0 aromatic heterocycles. The van der Waals surface area contributed by atoms with E-state index in [2.05, 4.69) is 6.58 Å². The van der Waals surface area contributed by atoms with Crippen LogP contribution in [0.1, 0.15) is 20.7 Å². The second-order valence-corrected chi connectivity index (χ2v) is 3.77. The van der Waals surface area contributed by atoms with E-state index in [0.717, 1.165) is 18.2 Å². The molecule has 0 fully saturated rings. The number of benzene rings is 1. The Labute approximate surface area is 108 Å². The number of nitro benzene ring substituents is 1. The molecule has 1 aromatic rings. The summed E-state index contributed by atoms with van der Waals surface area (Å²) in [6.45, 7) is 3.67. The first-order valence-corrected chi connectivity index (χ1v) is 5.26. The predicted molar refractivity (Wildman–Crippen MR) is 67.2 cm³/mol. The summed E-state index contributed by atoms with van der Waals surface area (Å²) in [5, 5.41) is 19.7. The van der Waals surface area contributed by atoms with Crippen LogP contribution < -0.4 is 0 Å². The van der Waals surface area contributed by atoms with Crippen LogP contribution in [0.5, 0.6) is 0 Å². The first-order valence-electron chi connectivity index (χ1n) is 5.26. The third kappa shape index (κ3) is 3.15. The molecule has 1 amide bonds. The summed E-state index contributed by atoms with van der Waals surface area (Å²) in [6.07, 6.45) is 1.47. The number of amides is 1. The minimum absolute atomic E-state index is 0.209. The maximum atomic E-state index is 12.0. The Morgan fingerprint density at radius 3 is 2.58 bits per heavy atom. The zero-order chi connectivity index (χ0) is 14.6. The molecular formula is C12H12N2O5. The lowest BCUT2D eigenvalue weighted by Gasteiger charge is -2.15. The van der Waals surface area contributed by atoms with Crippen LogP contribution in [-0.2, 0) is 0 Å². The summed E-state index contributed by atoms with van der Waals surface area (Å²) < 4.78 is 0. The van der Waals surface area contributed by atoms with Crippen LogP contribution in [-0.4, -0.2) is 40.4 Å². The lowest BCUT2D eigenvalue weighted by atomic mass is 10.1. The van der Waals surface area contributed by atoms with Gasteiger partial charge >= 0.3 is 5.97 Å². The highest BCUT2D eigenvalue weighted by Crippen LogP contribution is 2.19.